The van der Waals surface area contributed by atoms with Crippen molar-refractivity contribution in [3.05, 3.63) is 34.9 Å². The molecule has 1 nitrogen and oxygen atoms in total. The first-order valence-electron chi connectivity index (χ1n) is 6.52. The van der Waals surface area contributed by atoms with Gasteiger partial charge in [-0.2, -0.15) is 5.26 Å². The lowest BCUT2D eigenvalue weighted by Crippen LogP contribution is -2.20. The lowest BCUT2D eigenvalue weighted by atomic mass is 9.71. The van der Waals surface area contributed by atoms with Crippen molar-refractivity contribution in [3.63, 3.8) is 0 Å². The fourth-order valence-corrected chi connectivity index (χ4v) is 2.80. The number of hydrogen-bond donors (Lipinski definition) is 0. The highest BCUT2D eigenvalue weighted by molar-refractivity contribution is 5.40. The van der Waals surface area contributed by atoms with Crippen molar-refractivity contribution >= 4 is 0 Å². The van der Waals surface area contributed by atoms with E-state index in [0.29, 0.717) is 11.3 Å². The zero-order valence-corrected chi connectivity index (χ0v) is 11.1. The molecule has 0 radical (unpaired) electrons. The molecule has 1 aromatic carbocycles. The van der Waals surface area contributed by atoms with Crippen LogP contribution in [0.2, 0.25) is 0 Å². The van der Waals surface area contributed by atoms with Crippen molar-refractivity contribution < 1.29 is 0 Å². The van der Waals surface area contributed by atoms with Gasteiger partial charge >= 0.3 is 0 Å². The third-order valence-electron chi connectivity index (χ3n) is 4.18. The number of aryl methyl sites for hydroxylation is 1. The van der Waals surface area contributed by atoms with Crippen LogP contribution in [0, 0.1) is 23.7 Å². The van der Waals surface area contributed by atoms with Crippen molar-refractivity contribution in [1.82, 2.24) is 0 Å². The van der Waals surface area contributed by atoms with Gasteiger partial charge in [0.05, 0.1) is 11.6 Å². The molecule has 90 valence electrons. The second-order valence-electron chi connectivity index (χ2n) is 6.12. The quantitative estimate of drug-likeness (QED) is 0.690. The summed E-state index contributed by atoms with van der Waals surface area (Å²) in [5.41, 5.74) is 3.88. The van der Waals surface area contributed by atoms with Gasteiger partial charge in [-0.15, -0.1) is 0 Å². The number of nitriles is 1. The SMILES string of the molecule is Cc1cc(C2CCC(C)(C)CC2)ccc1C#N. The van der Waals surface area contributed by atoms with Crippen LogP contribution in [0.15, 0.2) is 18.2 Å². The van der Waals surface area contributed by atoms with Gasteiger partial charge in [-0.3, -0.25) is 0 Å². The van der Waals surface area contributed by atoms with E-state index in [-0.39, 0.29) is 0 Å². The standard InChI is InChI=1S/C16H21N/c1-12-10-14(4-5-15(12)11-17)13-6-8-16(2,3)9-7-13/h4-5,10,13H,6-9H2,1-3H3. The molecule has 1 aliphatic carbocycles. The molecule has 0 saturated heterocycles. The number of benzene rings is 1. The lowest BCUT2D eigenvalue weighted by molar-refractivity contribution is 0.224. The van der Waals surface area contributed by atoms with E-state index in [0.717, 1.165) is 11.1 Å². The van der Waals surface area contributed by atoms with Crippen LogP contribution in [0.4, 0.5) is 0 Å². The van der Waals surface area contributed by atoms with Crippen LogP contribution in [0.3, 0.4) is 0 Å². The molecule has 0 bridgehead atoms. The Labute approximate surface area is 104 Å². The molecule has 0 spiro atoms. The largest absolute Gasteiger partial charge is 0.192 e. The zero-order chi connectivity index (χ0) is 12.5. The summed E-state index contributed by atoms with van der Waals surface area (Å²) in [4.78, 5) is 0. The third kappa shape index (κ3) is 2.69. The molecule has 0 unspecified atom stereocenters. The Hall–Kier alpha value is -1.29. The summed E-state index contributed by atoms with van der Waals surface area (Å²) >= 11 is 0. The van der Waals surface area contributed by atoms with Crippen LogP contribution in [-0.2, 0) is 0 Å². The minimum absolute atomic E-state index is 0.526. The van der Waals surface area contributed by atoms with Gasteiger partial charge in [0.25, 0.3) is 0 Å². The molecule has 0 heterocycles. The maximum Gasteiger partial charge on any atom is 0.0994 e. The van der Waals surface area contributed by atoms with Crippen molar-refractivity contribution in [1.29, 1.82) is 5.26 Å². The molecule has 0 atom stereocenters. The van der Waals surface area contributed by atoms with E-state index in [1.54, 1.807) is 0 Å². The molecule has 1 aliphatic rings. The maximum atomic E-state index is 8.94. The molecule has 2 rings (SSSR count). The first-order chi connectivity index (χ1) is 8.02. The van der Waals surface area contributed by atoms with Crippen molar-refractivity contribution in [3.8, 4) is 6.07 Å². The van der Waals surface area contributed by atoms with Gasteiger partial charge in [0.2, 0.25) is 0 Å². The second-order valence-corrected chi connectivity index (χ2v) is 6.12. The summed E-state index contributed by atoms with van der Waals surface area (Å²) in [5, 5.41) is 8.94. The molecule has 0 aliphatic heterocycles. The van der Waals surface area contributed by atoms with E-state index in [2.05, 4.69) is 32.0 Å². The molecule has 0 N–H and O–H groups in total. The summed E-state index contributed by atoms with van der Waals surface area (Å²) in [7, 11) is 0. The highest BCUT2D eigenvalue weighted by Gasteiger charge is 2.27. The van der Waals surface area contributed by atoms with Crippen LogP contribution in [0.1, 0.15) is 62.1 Å². The predicted molar refractivity (Wildman–Crippen MR) is 70.9 cm³/mol. The monoisotopic (exact) mass is 227 g/mol. The van der Waals surface area contributed by atoms with Gasteiger partial charge in [0.15, 0.2) is 0 Å². The molecule has 0 aromatic heterocycles. The average Bonchev–Trinajstić information content (AvgIpc) is 2.29. The molecule has 17 heavy (non-hydrogen) atoms. The van der Waals surface area contributed by atoms with Gasteiger partial charge in [-0.05, 0) is 61.1 Å². The first kappa shape index (κ1) is 12.2. The van der Waals surface area contributed by atoms with E-state index in [9.17, 15) is 0 Å². The van der Waals surface area contributed by atoms with E-state index < -0.39 is 0 Å². The number of nitrogens with zero attached hydrogens (tertiary/aromatic N) is 1. The van der Waals surface area contributed by atoms with E-state index in [4.69, 9.17) is 5.26 Å². The smallest absolute Gasteiger partial charge is 0.0994 e. The molecule has 1 heteroatoms. The Morgan fingerprint density at radius 3 is 2.41 bits per heavy atom. The van der Waals surface area contributed by atoms with Crippen LogP contribution in [-0.4, -0.2) is 0 Å². The molecule has 1 aromatic rings. The Bertz CT molecular complexity index is 441. The Kier molecular flexibility index (Phi) is 3.24. The zero-order valence-electron chi connectivity index (χ0n) is 11.1. The third-order valence-corrected chi connectivity index (χ3v) is 4.18. The fourth-order valence-electron chi connectivity index (χ4n) is 2.80. The minimum Gasteiger partial charge on any atom is -0.192 e. The molecular weight excluding hydrogens is 206 g/mol. The maximum absolute atomic E-state index is 8.94. The van der Waals surface area contributed by atoms with Crippen LogP contribution in [0.25, 0.3) is 0 Å². The Morgan fingerprint density at radius 2 is 1.88 bits per heavy atom. The Balaban J connectivity index is 2.14. The van der Waals surface area contributed by atoms with Crippen molar-refractivity contribution in [2.45, 2.75) is 52.4 Å². The van der Waals surface area contributed by atoms with E-state index in [1.807, 2.05) is 13.0 Å². The summed E-state index contributed by atoms with van der Waals surface area (Å²) < 4.78 is 0. The average molecular weight is 227 g/mol. The fraction of sp³-hybridized carbons (Fsp3) is 0.562. The van der Waals surface area contributed by atoms with Gasteiger partial charge in [-0.1, -0.05) is 26.0 Å². The Morgan fingerprint density at radius 1 is 1.24 bits per heavy atom. The molecular formula is C16H21N. The van der Waals surface area contributed by atoms with Gasteiger partial charge in [-0.25, -0.2) is 0 Å². The summed E-state index contributed by atoms with van der Waals surface area (Å²) in [6.07, 6.45) is 5.21. The van der Waals surface area contributed by atoms with Gasteiger partial charge < -0.3 is 0 Å². The first-order valence-corrected chi connectivity index (χ1v) is 6.52. The normalized spacial score (nSPS) is 19.9. The van der Waals surface area contributed by atoms with Gasteiger partial charge in [0, 0.05) is 0 Å². The van der Waals surface area contributed by atoms with Gasteiger partial charge in [0.1, 0.15) is 0 Å². The van der Waals surface area contributed by atoms with Crippen LogP contribution < -0.4 is 0 Å². The topological polar surface area (TPSA) is 23.8 Å². The molecule has 0 amide bonds. The van der Waals surface area contributed by atoms with E-state index in [1.165, 1.54) is 31.2 Å². The second kappa shape index (κ2) is 4.53. The number of rotatable bonds is 1. The highest BCUT2D eigenvalue weighted by atomic mass is 14.3. The van der Waals surface area contributed by atoms with E-state index >= 15 is 0 Å². The number of hydrogen-bond acceptors (Lipinski definition) is 1. The summed E-state index contributed by atoms with van der Waals surface area (Å²) in [5.74, 6) is 0.703. The van der Waals surface area contributed by atoms with Crippen LogP contribution >= 0.6 is 0 Å². The van der Waals surface area contributed by atoms with Crippen molar-refractivity contribution in [2.24, 2.45) is 5.41 Å². The highest BCUT2D eigenvalue weighted by Crippen LogP contribution is 2.42. The summed E-state index contributed by atoms with van der Waals surface area (Å²) in [6, 6.07) is 8.57. The molecule has 1 fully saturated rings. The minimum atomic E-state index is 0.526. The molecule has 1 saturated carbocycles. The lowest BCUT2D eigenvalue weighted by Gasteiger charge is -2.34. The van der Waals surface area contributed by atoms with Crippen LogP contribution in [0.5, 0.6) is 0 Å². The van der Waals surface area contributed by atoms with Crippen molar-refractivity contribution in [2.75, 3.05) is 0 Å². The predicted octanol–water partition coefficient (Wildman–Crippen LogP) is 4.55. The summed E-state index contributed by atoms with van der Waals surface area (Å²) in [6.45, 7) is 6.77.